The van der Waals surface area contributed by atoms with Gasteiger partial charge in [0.2, 0.25) is 0 Å². The molecule has 96 valence electrons. The molecular weight excluding hydrogens is 208 g/mol. The van der Waals surface area contributed by atoms with E-state index in [0.29, 0.717) is 0 Å². The Morgan fingerprint density at radius 1 is 1.18 bits per heavy atom. The number of hydrogen-bond acceptors (Lipinski definition) is 2. The highest BCUT2D eigenvalue weighted by Crippen LogP contribution is 2.35. The maximum Gasteiger partial charge on any atom is 0.0510 e. The van der Waals surface area contributed by atoms with Crippen LogP contribution in [-0.4, -0.2) is 0 Å². The monoisotopic (exact) mass is 234 g/mol. The van der Waals surface area contributed by atoms with E-state index in [1.54, 1.807) is 0 Å². The van der Waals surface area contributed by atoms with Crippen LogP contribution in [0.5, 0.6) is 0 Å². The normalized spacial score (nSPS) is 13.7. The molecule has 0 radical (unpaired) electrons. The van der Waals surface area contributed by atoms with Crippen molar-refractivity contribution in [1.82, 2.24) is 5.43 Å². The van der Waals surface area contributed by atoms with Crippen molar-refractivity contribution in [2.24, 2.45) is 11.3 Å². The van der Waals surface area contributed by atoms with Gasteiger partial charge in [-0.3, -0.25) is 11.3 Å². The van der Waals surface area contributed by atoms with Crippen molar-refractivity contribution in [3.8, 4) is 0 Å². The number of hydrazine groups is 1. The first-order valence-electron chi connectivity index (χ1n) is 6.60. The molecule has 17 heavy (non-hydrogen) atoms. The fourth-order valence-corrected chi connectivity index (χ4v) is 2.14. The number of hydrogen-bond donors (Lipinski definition) is 2. The smallest absolute Gasteiger partial charge is 0.0510 e. The van der Waals surface area contributed by atoms with Gasteiger partial charge in [0.05, 0.1) is 6.04 Å². The van der Waals surface area contributed by atoms with E-state index < -0.39 is 0 Å². The average molecular weight is 234 g/mol. The van der Waals surface area contributed by atoms with E-state index in [1.807, 2.05) is 0 Å². The predicted octanol–water partition coefficient (Wildman–Crippen LogP) is 3.58. The first-order chi connectivity index (χ1) is 8.05. The minimum absolute atomic E-state index is 0.168. The summed E-state index contributed by atoms with van der Waals surface area (Å²) in [5.74, 6) is 5.71. The maximum absolute atomic E-state index is 5.71. The van der Waals surface area contributed by atoms with Gasteiger partial charge in [0, 0.05) is 0 Å². The van der Waals surface area contributed by atoms with Crippen molar-refractivity contribution in [2.45, 2.75) is 53.0 Å². The van der Waals surface area contributed by atoms with Crippen LogP contribution < -0.4 is 11.3 Å². The molecule has 1 rings (SSSR count). The van der Waals surface area contributed by atoms with E-state index in [4.69, 9.17) is 5.84 Å². The summed E-state index contributed by atoms with van der Waals surface area (Å²) in [5.41, 5.74) is 5.81. The molecule has 0 saturated heterocycles. The van der Waals surface area contributed by atoms with E-state index in [2.05, 4.69) is 57.4 Å². The molecule has 0 fully saturated rings. The Morgan fingerprint density at radius 3 is 2.18 bits per heavy atom. The van der Waals surface area contributed by atoms with Gasteiger partial charge in [0.25, 0.3) is 0 Å². The van der Waals surface area contributed by atoms with E-state index in [9.17, 15) is 0 Å². The summed E-state index contributed by atoms with van der Waals surface area (Å²) in [6.45, 7) is 8.91. The lowest BCUT2D eigenvalue weighted by molar-refractivity contribution is 0.236. The third kappa shape index (κ3) is 3.55. The lowest BCUT2D eigenvalue weighted by Crippen LogP contribution is -2.38. The number of rotatable bonds is 6. The minimum Gasteiger partial charge on any atom is -0.271 e. The van der Waals surface area contributed by atoms with Crippen LogP contribution in [-0.2, 0) is 6.42 Å². The van der Waals surface area contributed by atoms with Gasteiger partial charge in [0.15, 0.2) is 0 Å². The molecular formula is C15H26N2. The maximum atomic E-state index is 5.71. The van der Waals surface area contributed by atoms with Gasteiger partial charge < -0.3 is 0 Å². The molecule has 0 aliphatic heterocycles. The van der Waals surface area contributed by atoms with Crippen LogP contribution in [0.4, 0.5) is 0 Å². The zero-order valence-electron chi connectivity index (χ0n) is 11.6. The summed E-state index contributed by atoms with van der Waals surface area (Å²) in [7, 11) is 0. The van der Waals surface area contributed by atoms with Crippen molar-refractivity contribution in [3.05, 3.63) is 35.4 Å². The van der Waals surface area contributed by atoms with Crippen molar-refractivity contribution < 1.29 is 0 Å². The first kappa shape index (κ1) is 14.2. The van der Waals surface area contributed by atoms with Gasteiger partial charge in [0.1, 0.15) is 0 Å². The molecule has 0 aliphatic carbocycles. The predicted molar refractivity (Wildman–Crippen MR) is 74.6 cm³/mol. The fourth-order valence-electron chi connectivity index (χ4n) is 2.14. The van der Waals surface area contributed by atoms with Gasteiger partial charge in [-0.05, 0) is 29.4 Å². The van der Waals surface area contributed by atoms with Gasteiger partial charge >= 0.3 is 0 Å². The lowest BCUT2D eigenvalue weighted by atomic mass is 9.78. The lowest BCUT2D eigenvalue weighted by Gasteiger charge is -2.33. The second kappa shape index (κ2) is 6.18. The third-order valence-electron chi connectivity index (χ3n) is 3.71. The molecule has 0 saturated carbocycles. The summed E-state index contributed by atoms with van der Waals surface area (Å²) in [4.78, 5) is 0. The largest absolute Gasteiger partial charge is 0.271 e. The Morgan fingerprint density at radius 2 is 1.76 bits per heavy atom. The zero-order chi connectivity index (χ0) is 12.9. The van der Waals surface area contributed by atoms with E-state index in [-0.39, 0.29) is 11.5 Å². The van der Waals surface area contributed by atoms with Crippen LogP contribution in [0, 0.1) is 5.41 Å². The van der Waals surface area contributed by atoms with Crippen LogP contribution in [0.25, 0.3) is 0 Å². The highest BCUT2D eigenvalue weighted by atomic mass is 15.2. The molecule has 0 heterocycles. The fraction of sp³-hybridized carbons (Fsp3) is 0.600. The number of nitrogens with two attached hydrogens (primary N) is 1. The van der Waals surface area contributed by atoms with Crippen LogP contribution in [0.15, 0.2) is 24.3 Å². The Hall–Kier alpha value is -0.860. The van der Waals surface area contributed by atoms with Gasteiger partial charge in [-0.2, -0.15) is 0 Å². The molecule has 0 bridgehead atoms. The molecule has 3 N–H and O–H groups in total. The summed E-state index contributed by atoms with van der Waals surface area (Å²) in [5, 5.41) is 0. The van der Waals surface area contributed by atoms with Crippen LogP contribution >= 0.6 is 0 Å². The Labute approximate surface area is 106 Å². The summed E-state index contributed by atoms with van der Waals surface area (Å²) < 4.78 is 0. The Balaban J connectivity index is 2.89. The van der Waals surface area contributed by atoms with Gasteiger partial charge in [-0.25, -0.2) is 0 Å². The molecule has 2 nitrogen and oxygen atoms in total. The number of benzene rings is 1. The van der Waals surface area contributed by atoms with Crippen LogP contribution in [0.2, 0.25) is 0 Å². The van der Waals surface area contributed by atoms with Crippen LogP contribution in [0.3, 0.4) is 0 Å². The topological polar surface area (TPSA) is 38.0 Å². The third-order valence-corrected chi connectivity index (χ3v) is 3.71. The SMILES string of the molecule is CCCc1ccc(C(NN)C(C)(C)CC)cc1. The van der Waals surface area contributed by atoms with E-state index in [1.165, 1.54) is 17.5 Å². The summed E-state index contributed by atoms with van der Waals surface area (Å²) in [6, 6.07) is 9.05. The number of nitrogens with one attached hydrogen (secondary N) is 1. The van der Waals surface area contributed by atoms with Crippen molar-refractivity contribution >= 4 is 0 Å². The van der Waals surface area contributed by atoms with Gasteiger partial charge in [-0.15, -0.1) is 0 Å². The quantitative estimate of drug-likeness (QED) is 0.583. The van der Waals surface area contributed by atoms with Gasteiger partial charge in [-0.1, -0.05) is 58.4 Å². The highest BCUT2D eigenvalue weighted by Gasteiger charge is 2.27. The average Bonchev–Trinajstić information content (AvgIpc) is 2.32. The second-order valence-corrected chi connectivity index (χ2v) is 5.43. The Kier molecular flexibility index (Phi) is 5.16. The zero-order valence-corrected chi connectivity index (χ0v) is 11.6. The number of aryl methyl sites for hydroxylation is 1. The second-order valence-electron chi connectivity index (χ2n) is 5.43. The summed E-state index contributed by atoms with van der Waals surface area (Å²) in [6.07, 6.45) is 3.44. The van der Waals surface area contributed by atoms with E-state index >= 15 is 0 Å². The molecule has 0 spiro atoms. The van der Waals surface area contributed by atoms with Crippen LogP contribution in [0.1, 0.15) is 57.7 Å². The Bertz CT molecular complexity index is 327. The molecule has 0 aliphatic rings. The van der Waals surface area contributed by atoms with Crippen molar-refractivity contribution in [2.75, 3.05) is 0 Å². The highest BCUT2D eigenvalue weighted by molar-refractivity contribution is 5.26. The molecule has 1 aromatic carbocycles. The minimum atomic E-state index is 0.168. The molecule has 1 atom stereocenters. The summed E-state index contributed by atoms with van der Waals surface area (Å²) >= 11 is 0. The standard InChI is InChI=1S/C15H26N2/c1-5-7-12-8-10-13(11-9-12)14(17-16)15(3,4)6-2/h8-11,14,17H,5-7,16H2,1-4H3. The van der Waals surface area contributed by atoms with Crippen molar-refractivity contribution in [1.29, 1.82) is 0 Å². The van der Waals surface area contributed by atoms with E-state index in [0.717, 1.165) is 12.8 Å². The van der Waals surface area contributed by atoms with Crippen molar-refractivity contribution in [3.63, 3.8) is 0 Å². The molecule has 1 unspecified atom stereocenters. The molecule has 0 aromatic heterocycles. The first-order valence-corrected chi connectivity index (χ1v) is 6.60. The molecule has 1 aromatic rings. The molecule has 2 heteroatoms. The molecule has 0 amide bonds.